The van der Waals surface area contributed by atoms with Gasteiger partial charge in [0.15, 0.2) is 0 Å². The van der Waals surface area contributed by atoms with E-state index in [0.717, 1.165) is 11.3 Å². The molecule has 0 aliphatic heterocycles. The Kier molecular flexibility index (Phi) is 6.36. The van der Waals surface area contributed by atoms with Crippen LogP contribution in [0, 0.1) is 0 Å². The molecule has 0 aliphatic carbocycles. The Bertz CT molecular complexity index is 988. The van der Waals surface area contributed by atoms with E-state index < -0.39 is 0 Å². The van der Waals surface area contributed by atoms with Gasteiger partial charge in [-0.25, -0.2) is 9.97 Å². The predicted molar refractivity (Wildman–Crippen MR) is 111 cm³/mol. The molecule has 0 atom stereocenters. The number of amides is 2. The summed E-state index contributed by atoms with van der Waals surface area (Å²) in [4.78, 5) is 31.8. The standard InChI is InChI=1S/C21H21N5O3/c1-14(27)25-17-7-9-18(10-8-17)26-20(28)16-12-23-21(24-13-16)22-11-15-5-3-4-6-19(15)29-2/h3-10,12-13H,11H2,1-2H3,(H,25,27)(H,26,28)(H,22,23,24). The zero-order valence-corrected chi connectivity index (χ0v) is 16.1. The fraction of sp³-hybridized carbons (Fsp3) is 0.143. The van der Waals surface area contributed by atoms with Crippen LogP contribution in [0.15, 0.2) is 60.9 Å². The fourth-order valence-electron chi connectivity index (χ4n) is 2.60. The molecule has 0 radical (unpaired) electrons. The minimum Gasteiger partial charge on any atom is -0.496 e. The highest BCUT2D eigenvalue weighted by Crippen LogP contribution is 2.18. The number of benzene rings is 2. The molecule has 8 nitrogen and oxygen atoms in total. The highest BCUT2D eigenvalue weighted by Gasteiger charge is 2.09. The maximum absolute atomic E-state index is 12.4. The Balaban J connectivity index is 1.57. The molecule has 0 saturated heterocycles. The number of carbonyl (C=O) groups is 2. The van der Waals surface area contributed by atoms with E-state index in [0.29, 0.717) is 29.4 Å². The topological polar surface area (TPSA) is 105 Å². The minimum absolute atomic E-state index is 0.154. The van der Waals surface area contributed by atoms with Crippen LogP contribution in [0.25, 0.3) is 0 Å². The molecule has 1 aromatic heterocycles. The lowest BCUT2D eigenvalue weighted by Crippen LogP contribution is -2.13. The van der Waals surface area contributed by atoms with Gasteiger partial charge in [-0.05, 0) is 30.3 Å². The minimum atomic E-state index is -0.325. The summed E-state index contributed by atoms with van der Waals surface area (Å²) in [6, 6.07) is 14.5. The summed E-state index contributed by atoms with van der Waals surface area (Å²) < 4.78 is 5.31. The lowest BCUT2D eigenvalue weighted by molar-refractivity contribution is -0.114. The van der Waals surface area contributed by atoms with Crippen LogP contribution in [0.5, 0.6) is 5.75 Å². The monoisotopic (exact) mass is 391 g/mol. The van der Waals surface area contributed by atoms with Crippen molar-refractivity contribution in [1.82, 2.24) is 9.97 Å². The molecule has 3 aromatic rings. The van der Waals surface area contributed by atoms with Crippen LogP contribution in [0.1, 0.15) is 22.8 Å². The van der Waals surface area contributed by atoms with Crippen molar-refractivity contribution in [3.05, 3.63) is 72.1 Å². The summed E-state index contributed by atoms with van der Waals surface area (Å²) in [6.07, 6.45) is 2.91. The molecule has 148 valence electrons. The molecule has 8 heteroatoms. The number of rotatable bonds is 7. The Labute approximate surface area is 168 Å². The molecule has 0 aliphatic rings. The van der Waals surface area contributed by atoms with Crippen molar-refractivity contribution < 1.29 is 14.3 Å². The Morgan fingerprint density at radius 3 is 2.17 bits per heavy atom. The van der Waals surface area contributed by atoms with Gasteiger partial charge < -0.3 is 20.7 Å². The van der Waals surface area contributed by atoms with Gasteiger partial charge >= 0.3 is 0 Å². The zero-order chi connectivity index (χ0) is 20.6. The molecule has 2 aromatic carbocycles. The number of methoxy groups -OCH3 is 1. The fourth-order valence-corrected chi connectivity index (χ4v) is 2.60. The molecular formula is C21H21N5O3. The van der Waals surface area contributed by atoms with E-state index in [1.165, 1.54) is 19.3 Å². The van der Waals surface area contributed by atoms with Crippen molar-refractivity contribution in [2.45, 2.75) is 13.5 Å². The summed E-state index contributed by atoms with van der Waals surface area (Å²) in [7, 11) is 1.62. The van der Waals surface area contributed by atoms with Crippen LogP contribution in [0.3, 0.4) is 0 Å². The van der Waals surface area contributed by atoms with Gasteiger partial charge in [-0.15, -0.1) is 0 Å². The van der Waals surface area contributed by atoms with E-state index >= 15 is 0 Å². The average Bonchev–Trinajstić information content (AvgIpc) is 2.74. The molecular weight excluding hydrogens is 370 g/mol. The van der Waals surface area contributed by atoms with E-state index in [1.807, 2.05) is 24.3 Å². The number of aromatic nitrogens is 2. The van der Waals surface area contributed by atoms with Crippen molar-refractivity contribution >= 4 is 29.1 Å². The summed E-state index contributed by atoms with van der Waals surface area (Å²) >= 11 is 0. The highest BCUT2D eigenvalue weighted by atomic mass is 16.5. The Morgan fingerprint density at radius 2 is 1.55 bits per heavy atom. The Hall–Kier alpha value is -3.94. The van der Waals surface area contributed by atoms with E-state index in [9.17, 15) is 9.59 Å². The van der Waals surface area contributed by atoms with Gasteiger partial charge in [-0.3, -0.25) is 9.59 Å². The summed E-state index contributed by atoms with van der Waals surface area (Å²) in [5.74, 6) is 0.708. The molecule has 3 rings (SSSR count). The largest absolute Gasteiger partial charge is 0.496 e. The van der Waals surface area contributed by atoms with Gasteiger partial charge in [0.25, 0.3) is 5.91 Å². The van der Waals surface area contributed by atoms with E-state index in [4.69, 9.17) is 4.74 Å². The third-order valence-electron chi connectivity index (χ3n) is 4.01. The molecule has 0 unspecified atom stereocenters. The second-order valence-electron chi connectivity index (χ2n) is 6.17. The summed E-state index contributed by atoms with van der Waals surface area (Å²) in [5.41, 5.74) is 2.56. The summed E-state index contributed by atoms with van der Waals surface area (Å²) in [5, 5.41) is 8.54. The SMILES string of the molecule is COc1ccccc1CNc1ncc(C(=O)Nc2ccc(NC(C)=O)cc2)cn1. The molecule has 0 fully saturated rings. The lowest BCUT2D eigenvalue weighted by Gasteiger charge is -2.10. The molecule has 2 amide bonds. The van der Waals surface area contributed by atoms with Crippen molar-refractivity contribution in [1.29, 1.82) is 0 Å². The highest BCUT2D eigenvalue weighted by molar-refractivity contribution is 6.04. The second-order valence-corrected chi connectivity index (χ2v) is 6.17. The lowest BCUT2D eigenvalue weighted by atomic mass is 10.2. The predicted octanol–water partition coefficient (Wildman–Crippen LogP) is 3.31. The van der Waals surface area contributed by atoms with Crippen LogP contribution in [-0.2, 0) is 11.3 Å². The maximum atomic E-state index is 12.4. The number of anilines is 3. The van der Waals surface area contributed by atoms with Crippen molar-refractivity contribution in [3.8, 4) is 5.75 Å². The van der Waals surface area contributed by atoms with Gasteiger partial charge in [0, 0.05) is 42.8 Å². The van der Waals surface area contributed by atoms with Crippen LogP contribution in [0.4, 0.5) is 17.3 Å². The van der Waals surface area contributed by atoms with Crippen LogP contribution >= 0.6 is 0 Å². The summed E-state index contributed by atoms with van der Waals surface area (Å²) in [6.45, 7) is 1.93. The second kappa shape index (κ2) is 9.32. The van der Waals surface area contributed by atoms with E-state index in [1.54, 1.807) is 31.4 Å². The molecule has 29 heavy (non-hydrogen) atoms. The average molecular weight is 391 g/mol. The molecule has 0 saturated carbocycles. The first-order valence-corrected chi connectivity index (χ1v) is 8.92. The normalized spacial score (nSPS) is 10.1. The van der Waals surface area contributed by atoms with Crippen LogP contribution in [0.2, 0.25) is 0 Å². The smallest absolute Gasteiger partial charge is 0.258 e. The number of carbonyl (C=O) groups excluding carboxylic acids is 2. The van der Waals surface area contributed by atoms with E-state index in [2.05, 4.69) is 25.9 Å². The van der Waals surface area contributed by atoms with Gasteiger partial charge in [0.05, 0.1) is 12.7 Å². The first-order valence-electron chi connectivity index (χ1n) is 8.92. The van der Waals surface area contributed by atoms with Gasteiger partial charge in [-0.2, -0.15) is 0 Å². The van der Waals surface area contributed by atoms with Gasteiger partial charge in [-0.1, -0.05) is 18.2 Å². The number of hydrogen-bond acceptors (Lipinski definition) is 6. The van der Waals surface area contributed by atoms with E-state index in [-0.39, 0.29) is 11.8 Å². The molecule has 1 heterocycles. The first kappa shape index (κ1) is 19.8. The number of nitrogens with zero attached hydrogens (tertiary/aromatic N) is 2. The molecule has 3 N–H and O–H groups in total. The molecule has 0 spiro atoms. The third-order valence-corrected chi connectivity index (χ3v) is 4.01. The van der Waals surface area contributed by atoms with Gasteiger partial charge in [0.1, 0.15) is 5.75 Å². The van der Waals surface area contributed by atoms with Crippen molar-refractivity contribution in [3.63, 3.8) is 0 Å². The number of nitrogens with one attached hydrogen (secondary N) is 3. The number of ether oxygens (including phenoxy) is 1. The quantitative estimate of drug-likeness (QED) is 0.571. The maximum Gasteiger partial charge on any atom is 0.258 e. The van der Waals surface area contributed by atoms with Gasteiger partial charge in [0.2, 0.25) is 11.9 Å². The number of hydrogen-bond donors (Lipinski definition) is 3. The van der Waals surface area contributed by atoms with Crippen LogP contribution < -0.4 is 20.7 Å². The number of para-hydroxylation sites is 1. The first-order chi connectivity index (χ1) is 14.0. The van der Waals surface area contributed by atoms with Crippen LogP contribution in [-0.4, -0.2) is 28.9 Å². The zero-order valence-electron chi connectivity index (χ0n) is 16.1. The third kappa shape index (κ3) is 5.52. The van der Waals surface area contributed by atoms with Crippen molar-refractivity contribution in [2.24, 2.45) is 0 Å². The van der Waals surface area contributed by atoms with Crippen molar-refractivity contribution in [2.75, 3.05) is 23.1 Å². The molecule has 0 bridgehead atoms. The Morgan fingerprint density at radius 1 is 0.931 bits per heavy atom.